The van der Waals surface area contributed by atoms with E-state index >= 15 is 0 Å². The third kappa shape index (κ3) is 8.38. The average molecular weight is 278 g/mol. The Morgan fingerprint density at radius 1 is 1.43 bits per heavy atom. The smallest absolute Gasteiger partial charge is 0.424 e. The molecule has 0 atom stereocenters. The minimum Gasteiger partial charge on any atom is -0.424 e. The average Bonchev–Trinajstić information content (AvgIpc) is 1.96. The number of rotatable bonds is 0. The summed E-state index contributed by atoms with van der Waals surface area (Å²) in [5.74, 6) is -0.326. The molecule has 14 heavy (non-hydrogen) atoms. The molecular formula is C8H8ClFMnO2S. The van der Waals surface area contributed by atoms with Crippen LogP contribution >= 0.6 is 11.6 Å². The van der Waals surface area contributed by atoms with Gasteiger partial charge in [0.05, 0.1) is 0 Å². The number of hydrogen-bond donors (Lipinski definition) is 0. The molecule has 0 aromatic heterocycles. The van der Waals surface area contributed by atoms with Gasteiger partial charge in [0.15, 0.2) is 0 Å². The van der Waals surface area contributed by atoms with E-state index in [2.05, 4.69) is 6.92 Å². The fraction of sp³-hybridized carbons (Fsp3) is 0.125. The normalized spacial score (nSPS) is 8.57. The van der Waals surface area contributed by atoms with Crippen LogP contribution in [0.3, 0.4) is 0 Å². The summed E-state index contributed by atoms with van der Waals surface area (Å²) in [6, 6.07) is 4.11. The summed E-state index contributed by atoms with van der Waals surface area (Å²) in [6.07, 6.45) is 1.08. The van der Waals surface area contributed by atoms with E-state index in [0.29, 0.717) is 10.6 Å². The maximum absolute atomic E-state index is 12.2. The summed E-state index contributed by atoms with van der Waals surface area (Å²) in [6.45, 7) is 3.56. The van der Waals surface area contributed by atoms with Crippen molar-refractivity contribution in [3.63, 3.8) is 0 Å². The maximum atomic E-state index is 12.2. The summed E-state index contributed by atoms with van der Waals surface area (Å²) in [5.41, 5.74) is 0.651. The number of halogens is 2. The Morgan fingerprint density at radius 2 is 1.86 bits per heavy atom. The van der Waals surface area contributed by atoms with Crippen LogP contribution in [-0.2, 0) is 36.2 Å². The zero-order valence-corrected chi connectivity index (χ0v) is 10.1. The SMILES string of the molecule is C[S-](=O)=O.[CH2-]c1ccc(F)cc1Cl.[Mn+2]. The van der Waals surface area contributed by atoms with E-state index in [4.69, 9.17) is 20.0 Å². The van der Waals surface area contributed by atoms with Crippen molar-refractivity contribution in [2.75, 3.05) is 6.26 Å². The first-order chi connectivity index (χ1) is 5.93. The molecule has 0 amide bonds. The molecule has 1 aromatic rings. The topological polar surface area (TPSA) is 34.1 Å². The van der Waals surface area contributed by atoms with Crippen molar-refractivity contribution in [3.05, 3.63) is 41.5 Å². The summed E-state index contributed by atoms with van der Waals surface area (Å²) >= 11 is 5.51. The zero-order chi connectivity index (χ0) is 10.4. The van der Waals surface area contributed by atoms with Crippen molar-refractivity contribution >= 4 is 22.3 Å². The van der Waals surface area contributed by atoms with Crippen LogP contribution in [0.15, 0.2) is 18.2 Å². The van der Waals surface area contributed by atoms with Gasteiger partial charge in [0.2, 0.25) is 0 Å². The molecule has 0 N–H and O–H groups in total. The molecule has 0 aliphatic carbocycles. The molecule has 6 heteroatoms. The molecular weight excluding hydrogens is 270 g/mol. The van der Waals surface area contributed by atoms with E-state index in [1.165, 1.54) is 18.2 Å². The van der Waals surface area contributed by atoms with Gasteiger partial charge in [-0.15, -0.1) is 0 Å². The van der Waals surface area contributed by atoms with Gasteiger partial charge in [-0.1, -0.05) is 34.1 Å². The Kier molecular flexibility index (Phi) is 9.40. The van der Waals surface area contributed by atoms with E-state index in [-0.39, 0.29) is 22.9 Å². The first-order valence-electron chi connectivity index (χ1n) is 3.21. The molecule has 0 heterocycles. The van der Waals surface area contributed by atoms with Gasteiger partial charge >= 0.3 is 17.1 Å². The van der Waals surface area contributed by atoms with Gasteiger partial charge in [-0.25, -0.2) is 4.39 Å². The van der Waals surface area contributed by atoms with Crippen LogP contribution in [0.5, 0.6) is 0 Å². The molecule has 0 saturated heterocycles. The molecule has 1 aromatic carbocycles. The van der Waals surface area contributed by atoms with Crippen LogP contribution in [0.4, 0.5) is 4.39 Å². The van der Waals surface area contributed by atoms with Crippen LogP contribution in [0.2, 0.25) is 5.02 Å². The van der Waals surface area contributed by atoms with E-state index in [0.717, 1.165) is 6.26 Å². The Bertz CT molecular complexity index is 347. The Morgan fingerprint density at radius 3 is 2.14 bits per heavy atom. The molecule has 2 nitrogen and oxygen atoms in total. The molecule has 1 rings (SSSR count). The predicted molar refractivity (Wildman–Crippen MR) is 50.5 cm³/mol. The Balaban J connectivity index is 0. The van der Waals surface area contributed by atoms with Crippen molar-refractivity contribution in [2.45, 2.75) is 0 Å². The summed E-state index contributed by atoms with van der Waals surface area (Å²) in [7, 11) is -1.86. The van der Waals surface area contributed by atoms with Crippen LogP contribution in [-0.4, -0.2) is 6.26 Å². The van der Waals surface area contributed by atoms with Crippen molar-refractivity contribution in [2.24, 2.45) is 0 Å². The van der Waals surface area contributed by atoms with Crippen LogP contribution in [0, 0.1) is 12.7 Å². The monoisotopic (exact) mass is 277 g/mol. The minimum absolute atomic E-state index is 0. The van der Waals surface area contributed by atoms with Crippen LogP contribution in [0.25, 0.3) is 0 Å². The Labute approximate surface area is 99.9 Å². The van der Waals surface area contributed by atoms with E-state index < -0.39 is 10.7 Å². The van der Waals surface area contributed by atoms with E-state index in [9.17, 15) is 4.39 Å². The second kappa shape index (κ2) is 8.12. The van der Waals surface area contributed by atoms with Crippen LogP contribution < -0.4 is 0 Å². The Hall–Kier alpha value is -0.221. The van der Waals surface area contributed by atoms with Crippen molar-refractivity contribution in [3.8, 4) is 0 Å². The number of benzene rings is 1. The predicted octanol–water partition coefficient (Wildman–Crippen LogP) is 2.58. The van der Waals surface area contributed by atoms with Crippen molar-refractivity contribution in [1.82, 2.24) is 0 Å². The van der Waals surface area contributed by atoms with Gasteiger partial charge in [-0.2, -0.15) is 30.2 Å². The van der Waals surface area contributed by atoms with Gasteiger partial charge < -0.3 is 8.42 Å². The second-order valence-corrected chi connectivity index (χ2v) is 3.35. The molecule has 0 aliphatic heterocycles. The molecule has 0 spiro atoms. The first kappa shape index (κ1) is 16.2. The van der Waals surface area contributed by atoms with E-state index in [1.54, 1.807) is 0 Å². The zero-order valence-electron chi connectivity index (χ0n) is 7.30. The van der Waals surface area contributed by atoms with Gasteiger partial charge in [0, 0.05) is 0 Å². The van der Waals surface area contributed by atoms with Gasteiger partial charge in [-0.05, 0) is 0 Å². The standard InChI is InChI=1S/C7H5ClF.CH3O2S.Mn/c1-5-2-3-6(9)4-7(5)8;1-4(2)3;/h2-4H,1H2;1H3;/q2*-1;+2. The van der Waals surface area contributed by atoms with Gasteiger partial charge in [0.25, 0.3) is 0 Å². The van der Waals surface area contributed by atoms with Crippen LogP contribution in [0.1, 0.15) is 5.56 Å². The quantitative estimate of drug-likeness (QED) is 0.415. The molecule has 0 bridgehead atoms. The first-order valence-corrected chi connectivity index (χ1v) is 5.07. The third-order valence-corrected chi connectivity index (χ3v) is 1.37. The molecule has 0 saturated carbocycles. The van der Waals surface area contributed by atoms with Gasteiger partial charge in [0.1, 0.15) is 5.82 Å². The second-order valence-electron chi connectivity index (χ2n) is 2.14. The molecule has 0 aliphatic rings. The summed E-state index contributed by atoms with van der Waals surface area (Å²) < 4.78 is 30.2. The third-order valence-electron chi connectivity index (χ3n) is 1.02. The molecule has 0 unspecified atom stereocenters. The summed E-state index contributed by atoms with van der Waals surface area (Å²) in [4.78, 5) is 0. The molecule has 1 radical (unpaired) electrons. The van der Waals surface area contributed by atoms with E-state index in [1.807, 2.05) is 0 Å². The summed E-state index contributed by atoms with van der Waals surface area (Å²) in [5, 5.41) is 0.370. The fourth-order valence-electron chi connectivity index (χ4n) is 0.522. The molecule has 79 valence electrons. The van der Waals surface area contributed by atoms with Gasteiger partial charge in [-0.3, -0.25) is 0 Å². The number of hydrogen-bond acceptors (Lipinski definition) is 3. The van der Waals surface area contributed by atoms with Crippen molar-refractivity contribution in [1.29, 1.82) is 0 Å². The minimum atomic E-state index is -1.86. The fourth-order valence-corrected chi connectivity index (χ4v) is 0.689. The largest absolute Gasteiger partial charge is 2.00 e. The maximum Gasteiger partial charge on any atom is 2.00 e. The van der Waals surface area contributed by atoms with Crippen molar-refractivity contribution < 1.29 is 29.9 Å². The molecule has 0 fully saturated rings.